The molecule has 0 aromatic heterocycles. The van der Waals surface area contributed by atoms with Crippen LogP contribution in [0.15, 0.2) is 42.5 Å². The fourth-order valence-corrected chi connectivity index (χ4v) is 6.42. The molecule has 2 aliphatic heterocycles. The first-order chi connectivity index (χ1) is 15.6. The van der Waals surface area contributed by atoms with Gasteiger partial charge in [0.1, 0.15) is 11.1 Å². The number of nitrogens with zero attached hydrogens (tertiary/aromatic N) is 2. The van der Waals surface area contributed by atoms with Crippen LogP contribution in [-0.4, -0.2) is 48.5 Å². The summed E-state index contributed by atoms with van der Waals surface area (Å²) in [5.74, 6) is 0.926. The standard InChI is InChI=1S/C26H29FN2O2S/c27-20-7-9-21(10-8-20)28-12-14-29(15-13-28)26(31)25-22-11-6-19(18-4-2-1-3-5-18)16-23(22)24(30)17-32-25/h6-11,16,18,25H,1-5,12-15,17H2. The predicted octanol–water partition coefficient (Wildman–Crippen LogP) is 5.19. The van der Waals surface area contributed by atoms with E-state index < -0.39 is 0 Å². The maximum atomic E-state index is 13.4. The molecule has 168 valence electrons. The number of hydrogen-bond acceptors (Lipinski definition) is 4. The molecular weight excluding hydrogens is 423 g/mol. The van der Waals surface area contributed by atoms with Gasteiger partial charge in [0.25, 0.3) is 0 Å². The van der Waals surface area contributed by atoms with Crippen LogP contribution in [0.5, 0.6) is 0 Å². The Morgan fingerprint density at radius 2 is 1.66 bits per heavy atom. The third-order valence-corrected chi connectivity index (χ3v) is 8.34. The number of benzene rings is 2. The monoisotopic (exact) mass is 452 g/mol. The van der Waals surface area contributed by atoms with Crippen LogP contribution in [0.4, 0.5) is 10.1 Å². The van der Waals surface area contributed by atoms with E-state index in [9.17, 15) is 14.0 Å². The second kappa shape index (κ2) is 9.26. The summed E-state index contributed by atoms with van der Waals surface area (Å²) in [5, 5.41) is -0.305. The van der Waals surface area contributed by atoms with Crippen molar-refractivity contribution in [1.82, 2.24) is 4.90 Å². The molecule has 1 saturated carbocycles. The first-order valence-corrected chi connectivity index (χ1v) is 12.7. The molecule has 1 atom stereocenters. The fraction of sp³-hybridized carbons (Fsp3) is 0.462. The van der Waals surface area contributed by atoms with Crippen molar-refractivity contribution in [2.45, 2.75) is 43.3 Å². The van der Waals surface area contributed by atoms with Gasteiger partial charge in [0.05, 0.1) is 5.75 Å². The number of halogens is 1. The average molecular weight is 453 g/mol. The SMILES string of the molecule is O=C1CSC(C(=O)N2CCN(c3ccc(F)cc3)CC2)c2ccc(C3CCCCC3)cc21. The number of rotatable bonds is 3. The van der Waals surface area contributed by atoms with Crippen molar-refractivity contribution in [2.75, 3.05) is 36.8 Å². The Morgan fingerprint density at radius 3 is 2.38 bits per heavy atom. The summed E-state index contributed by atoms with van der Waals surface area (Å²) in [6, 6.07) is 12.8. The number of hydrogen-bond donors (Lipinski definition) is 0. The Labute approximate surface area is 193 Å². The third-order valence-electron chi connectivity index (χ3n) is 7.13. The van der Waals surface area contributed by atoms with E-state index in [1.165, 1.54) is 61.6 Å². The normalized spacial score (nSPS) is 22.0. The molecule has 4 nitrogen and oxygen atoms in total. The molecule has 5 rings (SSSR count). The number of ketones is 1. The van der Waals surface area contributed by atoms with E-state index in [0.29, 0.717) is 24.8 Å². The van der Waals surface area contributed by atoms with Crippen molar-refractivity contribution in [3.05, 3.63) is 65.0 Å². The number of piperazine rings is 1. The lowest BCUT2D eigenvalue weighted by atomic mass is 9.82. The number of fused-ring (bicyclic) bond motifs is 1. The van der Waals surface area contributed by atoms with E-state index in [1.807, 2.05) is 11.0 Å². The molecular formula is C26H29FN2O2S. The average Bonchev–Trinajstić information content (AvgIpc) is 2.85. The van der Waals surface area contributed by atoms with Crippen LogP contribution in [0.25, 0.3) is 0 Å². The van der Waals surface area contributed by atoms with E-state index in [2.05, 4.69) is 17.0 Å². The van der Waals surface area contributed by atoms with Crippen molar-refractivity contribution in [3.63, 3.8) is 0 Å². The van der Waals surface area contributed by atoms with E-state index in [0.717, 1.165) is 29.9 Å². The Hall–Kier alpha value is -2.34. The summed E-state index contributed by atoms with van der Waals surface area (Å²) in [7, 11) is 0. The summed E-state index contributed by atoms with van der Waals surface area (Å²) >= 11 is 1.46. The topological polar surface area (TPSA) is 40.6 Å². The highest BCUT2D eigenvalue weighted by molar-refractivity contribution is 8.01. The van der Waals surface area contributed by atoms with Crippen LogP contribution in [0, 0.1) is 5.82 Å². The van der Waals surface area contributed by atoms with Crippen LogP contribution in [0.3, 0.4) is 0 Å². The Balaban J connectivity index is 1.29. The summed E-state index contributed by atoms with van der Waals surface area (Å²) in [5.41, 5.74) is 3.89. The first kappa shape index (κ1) is 21.5. The lowest BCUT2D eigenvalue weighted by molar-refractivity contribution is -0.131. The Bertz CT molecular complexity index is 995. The first-order valence-electron chi connectivity index (χ1n) is 11.7. The summed E-state index contributed by atoms with van der Waals surface area (Å²) in [4.78, 5) is 30.2. The van der Waals surface area contributed by atoms with Gasteiger partial charge in [0.15, 0.2) is 5.78 Å². The van der Waals surface area contributed by atoms with Crippen molar-refractivity contribution in [2.24, 2.45) is 0 Å². The lowest BCUT2D eigenvalue weighted by Gasteiger charge is -2.38. The molecule has 0 radical (unpaired) electrons. The number of carbonyl (C=O) groups is 2. The second-order valence-corrected chi connectivity index (χ2v) is 10.2. The van der Waals surface area contributed by atoms with Gasteiger partial charge in [-0.1, -0.05) is 31.4 Å². The quantitative estimate of drug-likeness (QED) is 0.642. The van der Waals surface area contributed by atoms with E-state index >= 15 is 0 Å². The summed E-state index contributed by atoms with van der Waals surface area (Å²) < 4.78 is 13.2. The highest BCUT2D eigenvalue weighted by Crippen LogP contribution is 2.41. The number of amides is 1. The van der Waals surface area contributed by atoms with Gasteiger partial charge in [-0.25, -0.2) is 4.39 Å². The lowest BCUT2D eigenvalue weighted by Crippen LogP contribution is -2.50. The molecule has 2 aromatic carbocycles. The largest absolute Gasteiger partial charge is 0.368 e. The van der Waals surface area contributed by atoms with E-state index in [-0.39, 0.29) is 22.8 Å². The highest BCUT2D eigenvalue weighted by atomic mass is 32.2. The van der Waals surface area contributed by atoms with Crippen molar-refractivity contribution in [1.29, 1.82) is 0 Å². The van der Waals surface area contributed by atoms with Crippen LogP contribution in [0.1, 0.15) is 64.8 Å². The minimum Gasteiger partial charge on any atom is -0.368 e. The summed E-state index contributed by atoms with van der Waals surface area (Å²) in [6.45, 7) is 2.72. The van der Waals surface area contributed by atoms with Gasteiger partial charge in [0.2, 0.25) is 5.91 Å². The second-order valence-electron chi connectivity index (χ2n) is 9.08. The number of anilines is 1. The van der Waals surface area contributed by atoms with Gasteiger partial charge < -0.3 is 9.80 Å². The van der Waals surface area contributed by atoms with Gasteiger partial charge in [-0.3, -0.25) is 9.59 Å². The van der Waals surface area contributed by atoms with E-state index in [1.54, 1.807) is 12.1 Å². The smallest absolute Gasteiger partial charge is 0.240 e. The Kier molecular flexibility index (Phi) is 6.22. The maximum Gasteiger partial charge on any atom is 0.240 e. The van der Waals surface area contributed by atoms with Crippen molar-refractivity contribution < 1.29 is 14.0 Å². The molecule has 1 aliphatic carbocycles. The van der Waals surface area contributed by atoms with Gasteiger partial charge in [0, 0.05) is 37.4 Å². The predicted molar refractivity (Wildman–Crippen MR) is 127 cm³/mol. The zero-order valence-electron chi connectivity index (χ0n) is 18.3. The number of Topliss-reactive ketones (excluding diaryl/α,β-unsaturated/α-hetero) is 1. The minimum absolute atomic E-state index is 0.105. The van der Waals surface area contributed by atoms with Crippen molar-refractivity contribution >= 4 is 29.1 Å². The van der Waals surface area contributed by atoms with Crippen LogP contribution < -0.4 is 4.90 Å². The Morgan fingerprint density at radius 1 is 0.938 bits per heavy atom. The van der Waals surface area contributed by atoms with Gasteiger partial charge in [-0.2, -0.15) is 0 Å². The third kappa shape index (κ3) is 4.29. The molecule has 2 heterocycles. The number of carbonyl (C=O) groups excluding carboxylic acids is 2. The maximum absolute atomic E-state index is 13.4. The molecule has 2 fully saturated rings. The fourth-order valence-electron chi connectivity index (χ4n) is 5.27. The molecule has 32 heavy (non-hydrogen) atoms. The summed E-state index contributed by atoms with van der Waals surface area (Å²) in [6.07, 6.45) is 6.22. The molecule has 6 heteroatoms. The molecule has 3 aliphatic rings. The molecule has 1 unspecified atom stereocenters. The highest BCUT2D eigenvalue weighted by Gasteiger charge is 2.35. The molecule has 0 bridgehead atoms. The van der Waals surface area contributed by atoms with E-state index in [4.69, 9.17) is 0 Å². The molecule has 1 saturated heterocycles. The van der Waals surface area contributed by atoms with Crippen molar-refractivity contribution in [3.8, 4) is 0 Å². The van der Waals surface area contributed by atoms with Gasteiger partial charge in [-0.05, 0) is 60.2 Å². The van der Waals surface area contributed by atoms with Gasteiger partial charge in [-0.15, -0.1) is 11.8 Å². The molecule has 0 spiro atoms. The van der Waals surface area contributed by atoms with Gasteiger partial charge >= 0.3 is 0 Å². The number of thioether (sulfide) groups is 1. The molecule has 1 amide bonds. The van der Waals surface area contributed by atoms with Crippen LogP contribution in [0.2, 0.25) is 0 Å². The zero-order valence-corrected chi connectivity index (χ0v) is 19.1. The van der Waals surface area contributed by atoms with Crippen LogP contribution >= 0.6 is 11.8 Å². The minimum atomic E-state index is -0.305. The molecule has 2 aromatic rings. The van der Waals surface area contributed by atoms with Crippen LogP contribution in [-0.2, 0) is 4.79 Å². The molecule has 0 N–H and O–H groups in total. The zero-order chi connectivity index (χ0) is 22.1.